The first kappa shape index (κ1) is 18.8. The highest BCUT2D eigenvalue weighted by molar-refractivity contribution is 5.90. The molecule has 4 bridgehead atoms. The van der Waals surface area contributed by atoms with Crippen molar-refractivity contribution in [1.82, 2.24) is 0 Å². The molecule has 0 aliphatic heterocycles. The van der Waals surface area contributed by atoms with E-state index in [1.165, 1.54) is 0 Å². The van der Waals surface area contributed by atoms with Crippen LogP contribution in [0, 0.1) is 23.2 Å². The van der Waals surface area contributed by atoms with E-state index in [1.54, 1.807) is 0 Å². The van der Waals surface area contributed by atoms with Crippen LogP contribution in [0.3, 0.4) is 0 Å². The largest absolute Gasteiger partial charge is 0.544 e. The molecule has 4 aliphatic rings. The summed E-state index contributed by atoms with van der Waals surface area (Å²) in [5.41, 5.74) is -1.29. The normalized spacial score (nSPS) is 32.2. The number of aromatic hydroxyl groups is 1. The maximum Gasteiger partial charge on any atom is 0.327 e. The van der Waals surface area contributed by atoms with Crippen LogP contribution in [0.25, 0.3) is 0 Å². The van der Waals surface area contributed by atoms with Gasteiger partial charge in [0.25, 0.3) is 0 Å². The summed E-state index contributed by atoms with van der Waals surface area (Å²) in [6.07, 6.45) is 0.0234. The highest BCUT2D eigenvalue weighted by Crippen LogP contribution is 2.59. The molecule has 28 heavy (non-hydrogen) atoms. The minimum atomic E-state index is -4.45. The van der Waals surface area contributed by atoms with Crippen molar-refractivity contribution >= 4 is 17.7 Å². The number of ketones is 1. The molecule has 0 amide bonds. The fourth-order valence-electron chi connectivity index (χ4n) is 5.34. The van der Waals surface area contributed by atoms with Gasteiger partial charge < -0.3 is 19.7 Å². The van der Waals surface area contributed by atoms with Crippen molar-refractivity contribution in [2.75, 3.05) is 0 Å². The maximum atomic E-state index is 14.3. The summed E-state index contributed by atoms with van der Waals surface area (Å²) in [5, 5.41) is 20.4. The molecule has 3 unspecified atom stereocenters. The molecule has 0 spiro atoms. The van der Waals surface area contributed by atoms with Crippen LogP contribution >= 0.6 is 0 Å². The zero-order valence-electron chi connectivity index (χ0n) is 14.9. The molecule has 0 saturated heterocycles. The lowest BCUT2D eigenvalue weighted by molar-refractivity contribution is -0.337. The highest BCUT2D eigenvalue weighted by Gasteiger charge is 2.60. The molecular formula is C20H19F2O6-. The van der Waals surface area contributed by atoms with Crippen LogP contribution in [0.2, 0.25) is 0 Å². The van der Waals surface area contributed by atoms with Crippen molar-refractivity contribution in [1.29, 1.82) is 0 Å². The van der Waals surface area contributed by atoms with Crippen LogP contribution in [0.5, 0.6) is 5.75 Å². The molecule has 4 aliphatic carbocycles. The summed E-state index contributed by atoms with van der Waals surface area (Å²) in [6, 6.07) is 4.36. The molecule has 0 radical (unpaired) electrons. The number of aliphatic carboxylic acids is 1. The molecule has 4 saturated carbocycles. The molecule has 1 aromatic rings. The van der Waals surface area contributed by atoms with Crippen molar-refractivity contribution in [3.63, 3.8) is 0 Å². The van der Waals surface area contributed by atoms with Gasteiger partial charge in [0.2, 0.25) is 0 Å². The molecule has 4 fully saturated rings. The van der Waals surface area contributed by atoms with E-state index in [1.807, 2.05) is 0 Å². The number of Topliss-reactive ketones (excluding diaryl/α,β-unsaturated/α-hetero) is 1. The Labute approximate surface area is 159 Å². The van der Waals surface area contributed by atoms with E-state index >= 15 is 0 Å². The molecule has 0 aromatic heterocycles. The number of phenols is 1. The number of ether oxygens (including phenoxy) is 1. The Morgan fingerprint density at radius 3 is 2.25 bits per heavy atom. The monoisotopic (exact) mass is 393 g/mol. The Bertz CT molecular complexity index is 816. The molecule has 1 N–H and O–H groups in total. The van der Waals surface area contributed by atoms with E-state index in [2.05, 4.69) is 0 Å². The Morgan fingerprint density at radius 1 is 1.14 bits per heavy atom. The van der Waals surface area contributed by atoms with E-state index in [4.69, 9.17) is 4.74 Å². The van der Waals surface area contributed by atoms with Crippen molar-refractivity contribution in [2.24, 2.45) is 23.2 Å². The third kappa shape index (κ3) is 2.86. The van der Waals surface area contributed by atoms with E-state index in [0.717, 1.165) is 24.3 Å². The number of phenolic OH excluding ortho intramolecular Hbond substituents is 1. The molecular weight excluding hydrogens is 374 g/mol. The van der Waals surface area contributed by atoms with Crippen molar-refractivity contribution in [3.05, 3.63) is 29.8 Å². The first-order chi connectivity index (χ1) is 13.1. The first-order valence-electron chi connectivity index (χ1n) is 9.25. The van der Waals surface area contributed by atoms with Gasteiger partial charge in [-0.2, -0.15) is 8.78 Å². The van der Waals surface area contributed by atoms with Crippen LogP contribution in [0.1, 0.15) is 43.8 Å². The molecule has 3 atom stereocenters. The Morgan fingerprint density at radius 2 is 1.71 bits per heavy atom. The smallest absolute Gasteiger partial charge is 0.327 e. The molecule has 150 valence electrons. The van der Waals surface area contributed by atoms with Crippen LogP contribution in [0.15, 0.2) is 24.3 Å². The number of halogens is 2. The molecule has 5 rings (SSSR count). The average molecular weight is 393 g/mol. The van der Waals surface area contributed by atoms with Crippen molar-refractivity contribution in [2.45, 2.75) is 44.1 Å². The van der Waals surface area contributed by atoms with Gasteiger partial charge in [0.15, 0.2) is 6.10 Å². The van der Waals surface area contributed by atoms with Gasteiger partial charge in [-0.15, -0.1) is 0 Å². The fraction of sp³-hybridized carbons (Fsp3) is 0.550. The second-order valence-electron chi connectivity index (χ2n) is 8.31. The van der Waals surface area contributed by atoms with Gasteiger partial charge in [-0.1, -0.05) is 12.1 Å². The number of esters is 1. The Balaban J connectivity index is 1.64. The number of carboxylic acids is 1. The van der Waals surface area contributed by atoms with Gasteiger partial charge in [0, 0.05) is 11.8 Å². The van der Waals surface area contributed by atoms with Crippen LogP contribution in [-0.2, 0) is 19.1 Å². The number of carbonyl (C=O) groups is 3. The average Bonchev–Trinajstić information content (AvgIpc) is 2.63. The standard InChI is InChI=1S/C20H20F2O6/c21-20(22,17(25)26)16(11-1-3-14(23)4-2-11)28-18(27)19-7-10-5-12(8-19)15(24)13(6-10)9-19/h1-4,10,12-13,16,23H,5-9H2,(H,25,26)/p-1. The van der Waals surface area contributed by atoms with Crippen LogP contribution in [-0.4, -0.2) is 28.8 Å². The predicted molar refractivity (Wildman–Crippen MR) is 87.9 cm³/mol. The number of benzene rings is 1. The minimum absolute atomic E-state index is 0.134. The van der Waals surface area contributed by atoms with Gasteiger partial charge in [0.05, 0.1) is 5.41 Å². The summed E-state index contributed by atoms with van der Waals surface area (Å²) >= 11 is 0. The number of rotatable bonds is 5. The summed E-state index contributed by atoms with van der Waals surface area (Å²) in [5.74, 6) is -8.40. The first-order valence-corrected chi connectivity index (χ1v) is 9.25. The number of carboxylic acid groups (broad SMARTS) is 1. The van der Waals surface area contributed by atoms with Crippen LogP contribution in [0.4, 0.5) is 8.78 Å². The lowest BCUT2D eigenvalue weighted by Crippen LogP contribution is -2.56. The van der Waals surface area contributed by atoms with Crippen molar-refractivity contribution < 1.29 is 38.1 Å². The lowest BCUT2D eigenvalue weighted by atomic mass is 9.49. The summed E-state index contributed by atoms with van der Waals surface area (Å²) in [7, 11) is 0. The second-order valence-corrected chi connectivity index (χ2v) is 8.31. The molecule has 8 heteroatoms. The zero-order chi connectivity index (χ0) is 20.3. The van der Waals surface area contributed by atoms with E-state index in [0.29, 0.717) is 19.3 Å². The topological polar surface area (TPSA) is 104 Å². The van der Waals surface area contributed by atoms with Gasteiger partial charge in [0.1, 0.15) is 17.5 Å². The predicted octanol–water partition coefficient (Wildman–Crippen LogP) is 1.76. The van der Waals surface area contributed by atoms with E-state index < -0.39 is 29.4 Å². The van der Waals surface area contributed by atoms with Gasteiger partial charge in [-0.3, -0.25) is 9.59 Å². The lowest BCUT2D eigenvalue weighted by Gasteiger charge is -2.54. The molecule has 6 nitrogen and oxygen atoms in total. The SMILES string of the molecule is O=C1C2CC3CC1CC(C(=O)OC(c1ccc(O)cc1)C(F)(F)C(=O)[O-])(C3)C2. The fourth-order valence-corrected chi connectivity index (χ4v) is 5.34. The maximum absolute atomic E-state index is 14.3. The minimum Gasteiger partial charge on any atom is -0.544 e. The number of alkyl halides is 2. The summed E-state index contributed by atoms with van der Waals surface area (Å²) in [6.45, 7) is 0. The second kappa shape index (κ2) is 6.25. The van der Waals surface area contributed by atoms with Gasteiger partial charge >= 0.3 is 11.9 Å². The zero-order valence-corrected chi connectivity index (χ0v) is 14.9. The van der Waals surface area contributed by atoms with E-state index in [9.17, 15) is 33.4 Å². The quantitative estimate of drug-likeness (QED) is 0.765. The Hall–Kier alpha value is -2.51. The summed E-state index contributed by atoms with van der Waals surface area (Å²) in [4.78, 5) is 36.3. The third-order valence-corrected chi connectivity index (χ3v) is 6.45. The highest BCUT2D eigenvalue weighted by atomic mass is 19.3. The number of carbonyl (C=O) groups excluding carboxylic acids is 3. The van der Waals surface area contributed by atoms with Gasteiger partial charge in [-0.05, 0) is 55.7 Å². The molecule has 0 heterocycles. The van der Waals surface area contributed by atoms with Crippen molar-refractivity contribution in [3.8, 4) is 5.75 Å². The Kier molecular flexibility index (Phi) is 4.21. The third-order valence-electron chi connectivity index (χ3n) is 6.45. The van der Waals surface area contributed by atoms with Crippen LogP contribution < -0.4 is 5.11 Å². The van der Waals surface area contributed by atoms with E-state index in [-0.39, 0.29) is 47.7 Å². The van der Waals surface area contributed by atoms with Gasteiger partial charge in [-0.25, -0.2) is 0 Å². The summed E-state index contributed by atoms with van der Waals surface area (Å²) < 4.78 is 33.8. The number of hydrogen-bond donors (Lipinski definition) is 1. The number of hydrogen-bond acceptors (Lipinski definition) is 6. The molecule has 1 aromatic carbocycles.